The number of hydrogen-bond acceptors (Lipinski definition) is 4. The van der Waals surface area contributed by atoms with Crippen LogP contribution in [0.3, 0.4) is 0 Å². The van der Waals surface area contributed by atoms with Gasteiger partial charge in [0.15, 0.2) is 0 Å². The lowest BCUT2D eigenvalue weighted by Gasteiger charge is -2.16. The molecular weight excluding hydrogens is 470 g/mol. The zero-order chi connectivity index (χ0) is 21.1. The maximum Gasteiger partial charge on any atom is 0.410 e. The summed E-state index contributed by atoms with van der Waals surface area (Å²) in [6.45, 7) is 9.37. The van der Waals surface area contributed by atoms with Crippen LogP contribution in [0.1, 0.15) is 20.8 Å². The second-order valence-corrected chi connectivity index (χ2v) is 8.15. The van der Waals surface area contributed by atoms with Crippen molar-refractivity contribution < 1.29 is 21.5 Å². The van der Waals surface area contributed by atoms with Crippen molar-refractivity contribution in [3.05, 3.63) is 60.8 Å². The fourth-order valence-corrected chi connectivity index (χ4v) is 4.94. The lowest BCUT2D eigenvalue weighted by molar-refractivity contribution is -0.653. The summed E-state index contributed by atoms with van der Waals surface area (Å²) in [4.78, 5) is 2.34. The zero-order valence-electron chi connectivity index (χ0n) is 18.4. The fraction of sp³-hybridized carbons (Fsp3) is 0.292. The number of para-hydroxylation sites is 1. The fourth-order valence-electron chi connectivity index (χ4n) is 3.88. The van der Waals surface area contributed by atoms with Crippen LogP contribution in [0.5, 0.6) is 0 Å². The molecule has 2 aromatic carbocycles. The third-order valence-corrected chi connectivity index (χ3v) is 6.54. The van der Waals surface area contributed by atoms with Crippen LogP contribution in [0.4, 0.5) is 15.8 Å². The average molecular weight is 498 g/mol. The Balaban J connectivity index is 0.00000272. The number of azo groups is 1. The monoisotopic (exact) mass is 497 g/mol. The summed E-state index contributed by atoms with van der Waals surface area (Å²) in [7, 11) is 2.03. The molecular formula is C24H28BrN5S. The molecule has 31 heavy (non-hydrogen) atoms. The topological polar surface area (TPSA) is 36.8 Å². The highest BCUT2D eigenvalue weighted by Crippen LogP contribution is 2.41. The first-order valence-electron chi connectivity index (χ1n) is 10.5. The Morgan fingerprint density at radius 1 is 0.935 bits per heavy atom. The lowest BCUT2D eigenvalue weighted by atomic mass is 10.1. The van der Waals surface area contributed by atoms with Crippen LogP contribution in [-0.2, 0) is 13.6 Å². The van der Waals surface area contributed by atoms with Crippen molar-refractivity contribution in [1.82, 2.24) is 4.57 Å². The first kappa shape index (κ1) is 23.2. The van der Waals surface area contributed by atoms with E-state index in [1.165, 1.54) is 10.5 Å². The number of nitrogens with zero attached hydrogens (tertiary/aromatic N) is 5. The minimum Gasteiger partial charge on any atom is -1.00 e. The Kier molecular flexibility index (Phi) is 7.62. The van der Waals surface area contributed by atoms with Gasteiger partial charge in [-0.1, -0.05) is 48.5 Å². The number of aryl methyl sites for hydroxylation is 2. The van der Waals surface area contributed by atoms with E-state index >= 15 is 0 Å². The van der Waals surface area contributed by atoms with E-state index in [1.54, 1.807) is 11.3 Å². The minimum absolute atomic E-state index is 0. The lowest BCUT2D eigenvalue weighted by Crippen LogP contribution is -3.00. The average Bonchev–Trinajstić information content (AvgIpc) is 3.31. The molecule has 0 aliphatic rings. The minimum atomic E-state index is 0. The Labute approximate surface area is 198 Å². The summed E-state index contributed by atoms with van der Waals surface area (Å²) < 4.78 is 4.39. The van der Waals surface area contributed by atoms with Gasteiger partial charge >= 0.3 is 5.13 Å². The summed E-state index contributed by atoms with van der Waals surface area (Å²) >= 11 is 1.68. The van der Waals surface area contributed by atoms with E-state index in [1.807, 2.05) is 13.1 Å². The number of rotatable bonds is 7. The van der Waals surface area contributed by atoms with E-state index in [-0.39, 0.29) is 17.0 Å². The zero-order valence-corrected chi connectivity index (χ0v) is 20.8. The molecule has 0 amide bonds. The SMILES string of the molecule is CCN(CC)c1c[n+](C)c(N=Nc2c(-c3ccccc3)n(CC)c3ccccc23)s1.[Br-]. The van der Waals surface area contributed by atoms with Crippen LogP contribution in [0.2, 0.25) is 0 Å². The highest BCUT2D eigenvalue weighted by atomic mass is 79.9. The van der Waals surface area contributed by atoms with Crippen LogP contribution in [-0.4, -0.2) is 17.7 Å². The molecule has 0 saturated heterocycles. The van der Waals surface area contributed by atoms with E-state index in [0.29, 0.717) is 0 Å². The molecule has 0 N–H and O–H groups in total. The molecule has 0 bridgehead atoms. The highest BCUT2D eigenvalue weighted by Gasteiger charge is 2.21. The summed E-state index contributed by atoms with van der Waals surface area (Å²) in [5.74, 6) is 0. The molecule has 2 aromatic heterocycles. The van der Waals surface area contributed by atoms with Crippen LogP contribution in [0, 0.1) is 0 Å². The van der Waals surface area contributed by atoms with Gasteiger partial charge in [-0.2, -0.15) is 0 Å². The molecule has 4 aromatic rings. The third-order valence-electron chi connectivity index (χ3n) is 5.42. The largest absolute Gasteiger partial charge is 1.00 e. The third kappa shape index (κ3) is 4.43. The van der Waals surface area contributed by atoms with E-state index in [0.717, 1.165) is 47.1 Å². The second kappa shape index (κ2) is 10.2. The Morgan fingerprint density at radius 3 is 2.29 bits per heavy atom. The maximum atomic E-state index is 4.81. The number of aromatic nitrogens is 2. The predicted octanol–water partition coefficient (Wildman–Crippen LogP) is 3.48. The number of thiazole rings is 1. The van der Waals surface area contributed by atoms with Crippen LogP contribution >= 0.6 is 11.3 Å². The van der Waals surface area contributed by atoms with Gasteiger partial charge in [0.1, 0.15) is 16.9 Å². The van der Waals surface area contributed by atoms with Gasteiger partial charge in [0.2, 0.25) is 0 Å². The molecule has 2 heterocycles. The normalized spacial score (nSPS) is 11.2. The summed E-state index contributed by atoms with van der Waals surface area (Å²) in [6.07, 6.45) is 2.14. The molecule has 0 atom stereocenters. The van der Waals surface area contributed by atoms with Gasteiger partial charge in [-0.05, 0) is 43.3 Å². The predicted molar refractivity (Wildman–Crippen MR) is 126 cm³/mol. The molecule has 0 fully saturated rings. The molecule has 0 spiro atoms. The van der Waals surface area contributed by atoms with Crippen LogP contribution in [0.15, 0.2) is 71.0 Å². The van der Waals surface area contributed by atoms with Crippen LogP contribution in [0.25, 0.3) is 22.2 Å². The molecule has 0 radical (unpaired) electrons. The molecule has 4 rings (SSSR count). The first-order valence-corrected chi connectivity index (χ1v) is 11.3. The maximum absolute atomic E-state index is 4.81. The molecule has 0 unspecified atom stereocenters. The van der Waals surface area contributed by atoms with Gasteiger partial charge in [-0.3, -0.25) is 0 Å². The van der Waals surface area contributed by atoms with Crippen molar-refractivity contribution in [3.63, 3.8) is 0 Å². The molecule has 7 heteroatoms. The van der Waals surface area contributed by atoms with E-state index in [2.05, 4.69) is 89.5 Å². The van der Waals surface area contributed by atoms with Crippen molar-refractivity contribution in [3.8, 4) is 11.3 Å². The number of halogens is 1. The first-order chi connectivity index (χ1) is 14.7. The van der Waals surface area contributed by atoms with Gasteiger partial charge in [-0.25, -0.2) is 4.57 Å². The van der Waals surface area contributed by atoms with Crippen molar-refractivity contribution >= 4 is 38.1 Å². The number of hydrogen-bond donors (Lipinski definition) is 0. The van der Waals surface area contributed by atoms with E-state index < -0.39 is 0 Å². The van der Waals surface area contributed by atoms with Crippen molar-refractivity contribution in [2.45, 2.75) is 27.3 Å². The number of fused-ring (bicyclic) bond motifs is 1. The summed E-state index contributed by atoms with van der Waals surface area (Å²) in [6, 6.07) is 18.9. The molecule has 0 aliphatic heterocycles. The molecule has 162 valence electrons. The van der Waals surface area contributed by atoms with Gasteiger partial charge < -0.3 is 26.4 Å². The Hall–Kier alpha value is -2.51. The highest BCUT2D eigenvalue weighted by molar-refractivity contribution is 7.18. The van der Waals surface area contributed by atoms with E-state index in [4.69, 9.17) is 10.2 Å². The van der Waals surface area contributed by atoms with Gasteiger partial charge in [0.05, 0.1) is 23.4 Å². The molecule has 0 saturated carbocycles. The summed E-state index contributed by atoms with van der Waals surface area (Å²) in [5, 5.41) is 12.7. The van der Waals surface area contributed by atoms with Gasteiger partial charge in [-0.15, -0.1) is 0 Å². The van der Waals surface area contributed by atoms with Crippen LogP contribution < -0.4 is 26.4 Å². The Morgan fingerprint density at radius 2 is 1.61 bits per heavy atom. The standard InChI is InChI=1S/C24H28N5S.BrH/c1-5-28(6-2)21-17-27(4)24(30-21)26-25-22-19-15-11-12-16-20(19)29(7-3)23(22)18-13-9-8-10-14-18;/h8-17H,5-7H2,1-4H3;1H/q+1;/p-1. The van der Waals surface area contributed by atoms with Crippen molar-refractivity contribution in [1.29, 1.82) is 0 Å². The van der Waals surface area contributed by atoms with Crippen molar-refractivity contribution in [2.24, 2.45) is 17.3 Å². The second-order valence-electron chi connectivity index (χ2n) is 7.16. The summed E-state index contributed by atoms with van der Waals surface area (Å²) in [5.41, 5.74) is 4.39. The smallest absolute Gasteiger partial charge is 0.410 e. The quantitative estimate of drug-likeness (QED) is 0.284. The van der Waals surface area contributed by atoms with Gasteiger partial charge in [0, 0.05) is 30.6 Å². The number of anilines is 1. The number of benzene rings is 2. The van der Waals surface area contributed by atoms with E-state index in [9.17, 15) is 0 Å². The van der Waals surface area contributed by atoms with Gasteiger partial charge in [0.25, 0.3) is 0 Å². The Bertz CT molecular complexity index is 1180. The molecule has 5 nitrogen and oxygen atoms in total. The van der Waals surface area contributed by atoms with Crippen molar-refractivity contribution in [2.75, 3.05) is 18.0 Å². The molecule has 0 aliphatic carbocycles.